The number of hydrogen-bond donors (Lipinski definition) is 0. The fraction of sp³-hybridized carbons (Fsp3) is 0.0909. The lowest BCUT2D eigenvalue weighted by molar-refractivity contribution is -0.384. The molecule has 150 valence electrons. The van der Waals surface area contributed by atoms with Gasteiger partial charge in [-0.1, -0.05) is 74.3 Å². The largest absolute Gasteiger partial charge is 0.269 e. The molecule has 0 radical (unpaired) electrons. The maximum atomic E-state index is 13.4. The maximum Gasteiger partial charge on any atom is 0.269 e. The van der Waals surface area contributed by atoms with E-state index in [-0.39, 0.29) is 16.1 Å². The van der Waals surface area contributed by atoms with Crippen LogP contribution in [0, 0.1) is 10.1 Å². The number of para-hydroxylation sites is 2. The average Bonchev–Trinajstić information content (AvgIpc) is 2.78. The van der Waals surface area contributed by atoms with Gasteiger partial charge in [-0.2, -0.15) is 0 Å². The first-order chi connectivity index (χ1) is 14.5. The number of aromatic nitrogens is 2. The van der Waals surface area contributed by atoms with Crippen molar-refractivity contribution in [3.8, 4) is 5.69 Å². The lowest BCUT2D eigenvalue weighted by atomic mass is 10.1. The summed E-state index contributed by atoms with van der Waals surface area (Å²) in [6, 6.07) is 22.9. The van der Waals surface area contributed by atoms with Crippen LogP contribution in [0.15, 0.2) is 83.7 Å². The SMILES string of the molecule is O=c1c2ccccc2nc(C(Br)C(Br)c2cccc([N+](=O)[O-])c2)n1-c1ccccc1. The van der Waals surface area contributed by atoms with Crippen LogP contribution >= 0.6 is 31.9 Å². The van der Waals surface area contributed by atoms with Crippen LogP contribution in [-0.2, 0) is 0 Å². The predicted molar refractivity (Wildman–Crippen MR) is 124 cm³/mol. The third-order valence-electron chi connectivity index (χ3n) is 4.72. The number of alkyl halides is 2. The smallest absolute Gasteiger partial charge is 0.268 e. The van der Waals surface area contributed by atoms with Crippen molar-refractivity contribution >= 4 is 48.5 Å². The lowest BCUT2D eigenvalue weighted by Gasteiger charge is -2.21. The molecular formula is C22H15Br2N3O3. The minimum absolute atomic E-state index is 0.00331. The Balaban J connectivity index is 1.90. The Morgan fingerprint density at radius 1 is 0.900 bits per heavy atom. The van der Waals surface area contributed by atoms with Crippen molar-refractivity contribution in [2.45, 2.75) is 9.65 Å². The van der Waals surface area contributed by atoms with Gasteiger partial charge in [0.1, 0.15) is 5.82 Å². The number of non-ortho nitro benzene ring substituents is 1. The van der Waals surface area contributed by atoms with Gasteiger partial charge < -0.3 is 0 Å². The summed E-state index contributed by atoms with van der Waals surface area (Å²) in [7, 11) is 0. The van der Waals surface area contributed by atoms with Crippen LogP contribution in [0.3, 0.4) is 0 Å². The van der Waals surface area contributed by atoms with Crippen LogP contribution < -0.4 is 5.56 Å². The molecule has 8 heteroatoms. The third kappa shape index (κ3) is 3.80. The summed E-state index contributed by atoms with van der Waals surface area (Å²) >= 11 is 7.32. The van der Waals surface area contributed by atoms with E-state index in [4.69, 9.17) is 4.98 Å². The molecule has 0 bridgehead atoms. The van der Waals surface area contributed by atoms with Crippen LogP contribution in [0.5, 0.6) is 0 Å². The van der Waals surface area contributed by atoms with E-state index < -0.39 is 9.75 Å². The quantitative estimate of drug-likeness (QED) is 0.184. The highest BCUT2D eigenvalue weighted by atomic mass is 79.9. The van der Waals surface area contributed by atoms with Gasteiger partial charge in [-0.3, -0.25) is 19.5 Å². The van der Waals surface area contributed by atoms with Crippen LogP contribution in [0.2, 0.25) is 0 Å². The molecule has 1 aromatic heterocycles. The van der Waals surface area contributed by atoms with Gasteiger partial charge in [0.25, 0.3) is 11.2 Å². The van der Waals surface area contributed by atoms with Gasteiger partial charge in [-0.25, -0.2) is 4.98 Å². The van der Waals surface area contributed by atoms with E-state index in [9.17, 15) is 14.9 Å². The van der Waals surface area contributed by atoms with Crippen LogP contribution in [-0.4, -0.2) is 14.5 Å². The predicted octanol–water partition coefficient (Wildman–Crippen LogP) is 5.87. The van der Waals surface area contributed by atoms with Crippen molar-refractivity contribution in [3.05, 3.63) is 111 Å². The van der Waals surface area contributed by atoms with Crippen LogP contribution in [0.25, 0.3) is 16.6 Å². The van der Waals surface area contributed by atoms with Gasteiger partial charge in [-0.05, 0) is 29.8 Å². The van der Waals surface area contributed by atoms with Crippen molar-refractivity contribution in [2.24, 2.45) is 0 Å². The Morgan fingerprint density at radius 2 is 1.60 bits per heavy atom. The van der Waals surface area contributed by atoms with Gasteiger partial charge in [0.05, 0.1) is 31.2 Å². The lowest BCUT2D eigenvalue weighted by Crippen LogP contribution is -2.25. The maximum absolute atomic E-state index is 13.4. The second kappa shape index (κ2) is 8.49. The molecule has 0 aliphatic carbocycles. The Labute approximate surface area is 188 Å². The Morgan fingerprint density at radius 3 is 2.33 bits per heavy atom. The molecule has 0 aliphatic rings. The van der Waals surface area contributed by atoms with E-state index in [0.717, 1.165) is 0 Å². The van der Waals surface area contributed by atoms with E-state index in [1.54, 1.807) is 28.8 Å². The van der Waals surface area contributed by atoms with E-state index in [0.29, 0.717) is 28.0 Å². The molecule has 1 heterocycles. The first-order valence-electron chi connectivity index (χ1n) is 9.07. The molecule has 4 rings (SSSR count). The molecule has 0 fully saturated rings. The number of fused-ring (bicyclic) bond motifs is 1. The zero-order valence-corrected chi connectivity index (χ0v) is 18.7. The van der Waals surface area contributed by atoms with Gasteiger partial charge in [-0.15, -0.1) is 0 Å². The summed E-state index contributed by atoms with van der Waals surface area (Å²) in [5, 5.41) is 11.7. The zero-order valence-electron chi connectivity index (χ0n) is 15.5. The number of nitro groups is 1. The van der Waals surface area contributed by atoms with Crippen molar-refractivity contribution in [3.63, 3.8) is 0 Å². The van der Waals surface area contributed by atoms with Gasteiger partial charge in [0.2, 0.25) is 0 Å². The zero-order chi connectivity index (χ0) is 21.3. The van der Waals surface area contributed by atoms with Gasteiger partial charge in [0.15, 0.2) is 0 Å². The van der Waals surface area contributed by atoms with Crippen molar-refractivity contribution in [1.29, 1.82) is 0 Å². The van der Waals surface area contributed by atoms with Crippen LogP contribution in [0.4, 0.5) is 5.69 Å². The molecule has 0 saturated heterocycles. The van der Waals surface area contributed by atoms with Crippen molar-refractivity contribution in [1.82, 2.24) is 9.55 Å². The number of hydrogen-bond acceptors (Lipinski definition) is 4. The number of nitrogens with zero attached hydrogens (tertiary/aromatic N) is 3. The standard InChI is InChI=1S/C22H15Br2N3O3/c23-19(14-7-6-10-16(13-14)27(29)30)20(24)21-25-18-12-5-4-11-17(18)22(28)26(21)15-8-2-1-3-9-15/h1-13,19-20H. The summed E-state index contributed by atoms with van der Waals surface area (Å²) in [5.41, 5.74) is 1.81. The fourth-order valence-electron chi connectivity index (χ4n) is 3.27. The molecule has 30 heavy (non-hydrogen) atoms. The second-order valence-corrected chi connectivity index (χ2v) is 8.59. The molecule has 2 atom stereocenters. The Kier molecular flexibility index (Phi) is 5.78. The number of nitro benzene ring substituents is 1. The topological polar surface area (TPSA) is 78.0 Å². The molecule has 0 aliphatic heterocycles. The minimum atomic E-state index is -0.433. The Hall–Kier alpha value is -2.84. The van der Waals surface area contributed by atoms with Crippen molar-refractivity contribution < 1.29 is 4.92 Å². The molecule has 2 unspecified atom stereocenters. The highest BCUT2D eigenvalue weighted by Gasteiger charge is 2.27. The summed E-state index contributed by atoms with van der Waals surface area (Å²) < 4.78 is 1.58. The summed E-state index contributed by atoms with van der Waals surface area (Å²) in [4.78, 5) is 28.1. The molecule has 3 aromatic carbocycles. The fourth-order valence-corrected chi connectivity index (χ4v) is 4.40. The van der Waals surface area contributed by atoms with Crippen molar-refractivity contribution in [2.75, 3.05) is 0 Å². The first-order valence-corrected chi connectivity index (χ1v) is 10.9. The summed E-state index contributed by atoms with van der Waals surface area (Å²) in [6.07, 6.45) is 0. The summed E-state index contributed by atoms with van der Waals surface area (Å²) in [6.45, 7) is 0. The first kappa shape index (κ1) is 20.4. The van der Waals surface area contributed by atoms with Gasteiger partial charge in [0, 0.05) is 12.1 Å². The molecular weight excluding hydrogens is 514 g/mol. The van der Waals surface area contributed by atoms with Gasteiger partial charge >= 0.3 is 0 Å². The van der Waals surface area contributed by atoms with E-state index in [1.165, 1.54) is 12.1 Å². The minimum Gasteiger partial charge on any atom is -0.268 e. The van der Waals surface area contributed by atoms with Crippen LogP contribution in [0.1, 0.15) is 21.0 Å². The van der Waals surface area contributed by atoms with E-state index in [2.05, 4.69) is 31.9 Å². The molecule has 0 N–H and O–H groups in total. The van der Waals surface area contributed by atoms with E-state index >= 15 is 0 Å². The number of rotatable bonds is 5. The molecule has 0 saturated carbocycles. The molecule has 4 aromatic rings. The highest BCUT2D eigenvalue weighted by Crippen LogP contribution is 2.42. The normalized spacial score (nSPS) is 13.1. The summed E-state index contributed by atoms with van der Waals surface area (Å²) in [5.74, 6) is 0.498. The number of benzene rings is 3. The molecule has 0 spiro atoms. The third-order valence-corrected chi connectivity index (χ3v) is 7.42. The second-order valence-electron chi connectivity index (χ2n) is 6.62. The highest BCUT2D eigenvalue weighted by molar-refractivity contribution is 9.12. The monoisotopic (exact) mass is 527 g/mol. The number of halogens is 2. The average molecular weight is 529 g/mol. The van der Waals surface area contributed by atoms with E-state index in [1.807, 2.05) is 42.5 Å². The molecule has 6 nitrogen and oxygen atoms in total. The Bertz CT molecular complexity index is 1290. The molecule has 0 amide bonds.